The first kappa shape index (κ1) is 11.3. The average Bonchev–Trinajstić information content (AvgIpc) is 2.39. The molecule has 0 saturated carbocycles. The van der Waals surface area contributed by atoms with Crippen molar-refractivity contribution in [2.45, 2.75) is 0 Å². The van der Waals surface area contributed by atoms with Crippen molar-refractivity contribution in [2.24, 2.45) is 0 Å². The smallest absolute Gasteiger partial charge is 0.347 e. The van der Waals surface area contributed by atoms with E-state index >= 15 is 0 Å². The van der Waals surface area contributed by atoms with Crippen molar-refractivity contribution in [1.82, 2.24) is 0 Å². The Morgan fingerprint density at radius 3 is 2.42 bits per heavy atom. The fourth-order valence-electron chi connectivity index (χ4n) is 2.03. The maximum Gasteiger partial charge on any atom is 0.347 e. The third-order valence-corrected chi connectivity index (χ3v) is 2.93. The Bertz CT molecular complexity index is 803. The molecular formula is C15H10O4. The fourth-order valence-corrected chi connectivity index (χ4v) is 2.03. The van der Waals surface area contributed by atoms with Gasteiger partial charge in [-0.1, -0.05) is 30.3 Å². The van der Waals surface area contributed by atoms with E-state index in [-0.39, 0.29) is 22.6 Å². The van der Waals surface area contributed by atoms with Gasteiger partial charge in [-0.25, -0.2) is 4.79 Å². The molecule has 0 fully saturated rings. The Kier molecular flexibility index (Phi) is 2.49. The highest BCUT2D eigenvalue weighted by Gasteiger charge is 2.15. The van der Waals surface area contributed by atoms with E-state index in [0.29, 0.717) is 10.9 Å². The molecule has 4 heteroatoms. The Morgan fingerprint density at radius 2 is 1.68 bits per heavy atom. The zero-order valence-corrected chi connectivity index (χ0v) is 9.83. The van der Waals surface area contributed by atoms with E-state index in [1.54, 1.807) is 24.3 Å². The van der Waals surface area contributed by atoms with Crippen molar-refractivity contribution < 1.29 is 14.6 Å². The average molecular weight is 254 g/mol. The van der Waals surface area contributed by atoms with E-state index in [0.717, 1.165) is 0 Å². The van der Waals surface area contributed by atoms with Gasteiger partial charge in [0.2, 0.25) is 0 Å². The molecule has 94 valence electrons. The zero-order valence-electron chi connectivity index (χ0n) is 9.83. The molecule has 2 aromatic carbocycles. The van der Waals surface area contributed by atoms with E-state index in [2.05, 4.69) is 0 Å². The largest absolute Gasteiger partial charge is 0.508 e. The van der Waals surface area contributed by atoms with E-state index in [9.17, 15) is 15.0 Å². The van der Waals surface area contributed by atoms with Gasteiger partial charge in [0.25, 0.3) is 0 Å². The van der Waals surface area contributed by atoms with Crippen molar-refractivity contribution >= 4 is 11.0 Å². The summed E-state index contributed by atoms with van der Waals surface area (Å²) >= 11 is 0. The van der Waals surface area contributed by atoms with E-state index < -0.39 is 5.63 Å². The second kappa shape index (κ2) is 4.17. The number of rotatable bonds is 1. The van der Waals surface area contributed by atoms with Crippen molar-refractivity contribution in [3.8, 4) is 22.6 Å². The van der Waals surface area contributed by atoms with Crippen LogP contribution in [0.3, 0.4) is 0 Å². The van der Waals surface area contributed by atoms with Gasteiger partial charge in [0.05, 0.1) is 5.39 Å². The molecule has 0 aliphatic carbocycles. The van der Waals surface area contributed by atoms with Crippen LogP contribution >= 0.6 is 0 Å². The van der Waals surface area contributed by atoms with Crippen LogP contribution in [0.4, 0.5) is 0 Å². The van der Waals surface area contributed by atoms with Crippen LogP contribution in [0.25, 0.3) is 22.1 Å². The van der Waals surface area contributed by atoms with Gasteiger partial charge in [0.1, 0.15) is 22.6 Å². The summed E-state index contributed by atoms with van der Waals surface area (Å²) in [6, 6.07) is 13.0. The Labute approximate surface area is 108 Å². The predicted octanol–water partition coefficient (Wildman–Crippen LogP) is 2.87. The highest BCUT2D eigenvalue weighted by Crippen LogP contribution is 2.33. The molecule has 0 amide bonds. The Hall–Kier alpha value is -2.75. The molecule has 2 N–H and O–H groups in total. The quantitative estimate of drug-likeness (QED) is 0.655. The summed E-state index contributed by atoms with van der Waals surface area (Å²) in [5.74, 6) is -0.167. The second-order valence-corrected chi connectivity index (χ2v) is 4.16. The summed E-state index contributed by atoms with van der Waals surface area (Å²) in [6.07, 6.45) is 0. The van der Waals surface area contributed by atoms with E-state index in [1.807, 2.05) is 6.07 Å². The van der Waals surface area contributed by atoms with Crippen LogP contribution in [0.2, 0.25) is 0 Å². The molecule has 4 nitrogen and oxygen atoms in total. The lowest BCUT2D eigenvalue weighted by Crippen LogP contribution is -2.03. The molecule has 0 unspecified atom stereocenters. The molecule has 0 spiro atoms. The molecule has 3 aromatic rings. The lowest BCUT2D eigenvalue weighted by molar-refractivity contribution is 0.465. The van der Waals surface area contributed by atoms with Crippen LogP contribution < -0.4 is 5.63 Å². The molecule has 0 saturated heterocycles. The first-order valence-corrected chi connectivity index (χ1v) is 5.71. The molecule has 1 heterocycles. The summed E-state index contributed by atoms with van der Waals surface area (Å²) in [7, 11) is 0. The third-order valence-electron chi connectivity index (χ3n) is 2.93. The number of benzene rings is 2. The first-order chi connectivity index (χ1) is 9.16. The van der Waals surface area contributed by atoms with Crippen molar-refractivity contribution in [2.75, 3.05) is 0 Å². The topological polar surface area (TPSA) is 70.7 Å². The van der Waals surface area contributed by atoms with Crippen molar-refractivity contribution in [3.05, 3.63) is 59.0 Å². The van der Waals surface area contributed by atoms with Gasteiger partial charge in [-0.15, -0.1) is 0 Å². The lowest BCUT2D eigenvalue weighted by Gasteiger charge is -2.06. The molecular weight excluding hydrogens is 244 g/mol. The zero-order chi connectivity index (χ0) is 13.4. The fraction of sp³-hybridized carbons (Fsp3) is 0. The number of phenolic OH excluding ortho intramolecular Hbond substituents is 1. The SMILES string of the molecule is O=c1oc2cc(O)ccc2c(O)c1-c1ccccc1. The predicted molar refractivity (Wildman–Crippen MR) is 71.2 cm³/mol. The first-order valence-electron chi connectivity index (χ1n) is 5.71. The molecule has 0 aliphatic rings. The maximum absolute atomic E-state index is 12.0. The minimum absolute atomic E-state index is 0.0255. The maximum atomic E-state index is 12.0. The minimum atomic E-state index is -0.637. The van der Waals surface area contributed by atoms with Crippen LogP contribution in [0.1, 0.15) is 0 Å². The van der Waals surface area contributed by atoms with Gasteiger partial charge >= 0.3 is 5.63 Å². The molecule has 0 bridgehead atoms. The molecule has 0 radical (unpaired) electrons. The summed E-state index contributed by atoms with van der Waals surface area (Å²) in [5.41, 5.74) is 0.228. The molecule has 0 atom stereocenters. The Balaban J connectivity index is 2.39. The van der Waals surface area contributed by atoms with Crippen LogP contribution in [0.15, 0.2) is 57.7 Å². The van der Waals surface area contributed by atoms with E-state index in [4.69, 9.17) is 4.42 Å². The third kappa shape index (κ3) is 1.83. The highest BCUT2D eigenvalue weighted by molar-refractivity contribution is 5.90. The van der Waals surface area contributed by atoms with Crippen LogP contribution in [0, 0.1) is 0 Å². The summed E-state index contributed by atoms with van der Waals surface area (Å²) in [5, 5.41) is 20.0. The lowest BCUT2D eigenvalue weighted by atomic mass is 10.0. The van der Waals surface area contributed by atoms with Crippen LogP contribution in [-0.4, -0.2) is 10.2 Å². The number of hydrogen-bond acceptors (Lipinski definition) is 4. The molecule has 0 aliphatic heterocycles. The summed E-state index contributed by atoms with van der Waals surface area (Å²) < 4.78 is 5.13. The summed E-state index contributed by atoms with van der Waals surface area (Å²) in [6.45, 7) is 0. The molecule has 19 heavy (non-hydrogen) atoms. The normalized spacial score (nSPS) is 10.7. The Morgan fingerprint density at radius 1 is 0.947 bits per heavy atom. The van der Waals surface area contributed by atoms with Gasteiger partial charge in [-0.3, -0.25) is 0 Å². The van der Waals surface area contributed by atoms with Gasteiger partial charge < -0.3 is 14.6 Å². The second-order valence-electron chi connectivity index (χ2n) is 4.16. The number of hydrogen-bond donors (Lipinski definition) is 2. The minimum Gasteiger partial charge on any atom is -0.508 e. The van der Waals surface area contributed by atoms with E-state index in [1.165, 1.54) is 18.2 Å². The monoisotopic (exact) mass is 254 g/mol. The van der Waals surface area contributed by atoms with Gasteiger partial charge in [0.15, 0.2) is 0 Å². The number of aromatic hydroxyl groups is 2. The van der Waals surface area contributed by atoms with Gasteiger partial charge in [-0.05, 0) is 17.7 Å². The number of phenols is 1. The van der Waals surface area contributed by atoms with Crippen molar-refractivity contribution in [1.29, 1.82) is 0 Å². The van der Waals surface area contributed by atoms with Gasteiger partial charge in [0, 0.05) is 6.07 Å². The number of fused-ring (bicyclic) bond motifs is 1. The summed E-state index contributed by atoms with van der Waals surface area (Å²) in [4.78, 5) is 12.0. The van der Waals surface area contributed by atoms with Crippen LogP contribution in [-0.2, 0) is 0 Å². The van der Waals surface area contributed by atoms with Crippen molar-refractivity contribution in [3.63, 3.8) is 0 Å². The van der Waals surface area contributed by atoms with Gasteiger partial charge in [-0.2, -0.15) is 0 Å². The standard InChI is InChI=1S/C15H10O4/c16-10-6-7-11-12(8-10)19-15(18)13(14(11)17)9-4-2-1-3-5-9/h1-8,16-17H. The molecule has 1 aromatic heterocycles. The highest BCUT2D eigenvalue weighted by atomic mass is 16.4. The van der Waals surface area contributed by atoms with Crippen LogP contribution in [0.5, 0.6) is 11.5 Å². The molecule has 3 rings (SSSR count).